The highest BCUT2D eigenvalue weighted by Crippen LogP contribution is 2.14. The highest BCUT2D eigenvalue weighted by molar-refractivity contribution is 5.79. The quantitative estimate of drug-likeness (QED) is 0.496. The monoisotopic (exact) mass is 182 g/mol. The van der Waals surface area contributed by atoms with E-state index in [9.17, 15) is 4.79 Å². The van der Waals surface area contributed by atoms with Gasteiger partial charge >= 0.3 is 0 Å². The maximum atomic E-state index is 11.5. The normalized spacial score (nSPS) is 27.2. The minimum Gasteiger partial charge on any atom is -0.356 e. The van der Waals surface area contributed by atoms with Crippen LogP contribution in [0.5, 0.6) is 0 Å². The van der Waals surface area contributed by atoms with Crippen molar-refractivity contribution >= 4 is 5.91 Å². The molecule has 2 unspecified atom stereocenters. The first kappa shape index (κ1) is 10.3. The Balaban J connectivity index is 2.26. The van der Waals surface area contributed by atoms with Gasteiger partial charge in [0, 0.05) is 12.6 Å². The lowest BCUT2D eigenvalue weighted by Crippen LogP contribution is -2.36. The van der Waals surface area contributed by atoms with Gasteiger partial charge in [-0.15, -0.1) is 6.58 Å². The Kier molecular flexibility index (Phi) is 3.96. The van der Waals surface area contributed by atoms with Gasteiger partial charge in [-0.3, -0.25) is 4.79 Å². The van der Waals surface area contributed by atoms with Crippen molar-refractivity contribution in [2.45, 2.75) is 25.8 Å². The maximum Gasteiger partial charge on any atom is 0.224 e. The summed E-state index contributed by atoms with van der Waals surface area (Å²) < 4.78 is 0. The molecule has 0 aromatic rings. The van der Waals surface area contributed by atoms with Crippen LogP contribution in [-0.4, -0.2) is 25.0 Å². The maximum absolute atomic E-state index is 11.5. The van der Waals surface area contributed by atoms with Gasteiger partial charge in [0.1, 0.15) is 0 Å². The third-order valence-corrected chi connectivity index (χ3v) is 2.51. The molecule has 0 spiro atoms. The fourth-order valence-electron chi connectivity index (χ4n) is 1.65. The van der Waals surface area contributed by atoms with E-state index in [1.54, 1.807) is 0 Å². The first-order valence-corrected chi connectivity index (χ1v) is 4.87. The fraction of sp³-hybridized carbons (Fsp3) is 0.700. The molecule has 1 fully saturated rings. The Morgan fingerprint density at radius 2 is 2.54 bits per heavy atom. The van der Waals surface area contributed by atoms with Crippen molar-refractivity contribution in [3.63, 3.8) is 0 Å². The topological polar surface area (TPSA) is 41.1 Å². The highest BCUT2D eigenvalue weighted by Gasteiger charge is 2.28. The lowest BCUT2D eigenvalue weighted by atomic mass is 10.0. The smallest absolute Gasteiger partial charge is 0.224 e. The number of amides is 1. The summed E-state index contributed by atoms with van der Waals surface area (Å²) in [6, 6.07) is 0.323. The van der Waals surface area contributed by atoms with Crippen LogP contribution in [-0.2, 0) is 4.79 Å². The number of hydrogen-bond donors (Lipinski definition) is 2. The van der Waals surface area contributed by atoms with Crippen LogP contribution < -0.4 is 10.6 Å². The summed E-state index contributed by atoms with van der Waals surface area (Å²) in [4.78, 5) is 11.5. The molecule has 1 saturated heterocycles. The van der Waals surface area contributed by atoms with Crippen molar-refractivity contribution in [3.05, 3.63) is 12.7 Å². The Bertz CT molecular complexity index is 191. The molecule has 1 amide bonds. The first-order chi connectivity index (χ1) is 6.25. The molecule has 0 aromatic heterocycles. The SMILES string of the molecule is C=CCCNC(=O)C1CCNC1C. The summed E-state index contributed by atoms with van der Waals surface area (Å²) in [5.74, 6) is 0.337. The van der Waals surface area contributed by atoms with Crippen LogP contribution in [0.4, 0.5) is 0 Å². The minimum absolute atomic E-state index is 0.157. The van der Waals surface area contributed by atoms with Crippen LogP contribution in [0.15, 0.2) is 12.7 Å². The second-order valence-corrected chi connectivity index (χ2v) is 3.51. The van der Waals surface area contributed by atoms with E-state index in [0.717, 1.165) is 19.4 Å². The van der Waals surface area contributed by atoms with Gasteiger partial charge in [-0.2, -0.15) is 0 Å². The second kappa shape index (κ2) is 5.02. The zero-order valence-corrected chi connectivity index (χ0v) is 8.18. The van der Waals surface area contributed by atoms with Gasteiger partial charge < -0.3 is 10.6 Å². The van der Waals surface area contributed by atoms with E-state index in [-0.39, 0.29) is 11.8 Å². The zero-order valence-electron chi connectivity index (χ0n) is 8.18. The van der Waals surface area contributed by atoms with Crippen molar-refractivity contribution in [2.75, 3.05) is 13.1 Å². The standard InChI is InChI=1S/C10H18N2O/c1-3-4-6-12-10(13)9-5-7-11-8(9)2/h3,8-9,11H,1,4-7H2,2H3,(H,12,13). The van der Waals surface area contributed by atoms with Gasteiger partial charge in [0.05, 0.1) is 5.92 Å². The summed E-state index contributed by atoms with van der Waals surface area (Å²) in [5.41, 5.74) is 0. The number of nitrogens with one attached hydrogen (secondary N) is 2. The number of rotatable bonds is 4. The zero-order chi connectivity index (χ0) is 9.68. The molecule has 3 heteroatoms. The average Bonchev–Trinajstić information content (AvgIpc) is 2.52. The van der Waals surface area contributed by atoms with Crippen LogP contribution >= 0.6 is 0 Å². The van der Waals surface area contributed by atoms with Crippen LogP contribution in [0.1, 0.15) is 19.8 Å². The van der Waals surface area contributed by atoms with Gasteiger partial charge in [0.15, 0.2) is 0 Å². The second-order valence-electron chi connectivity index (χ2n) is 3.51. The summed E-state index contributed by atoms with van der Waals surface area (Å²) >= 11 is 0. The van der Waals surface area contributed by atoms with E-state index >= 15 is 0 Å². The van der Waals surface area contributed by atoms with Crippen molar-refractivity contribution in [2.24, 2.45) is 5.92 Å². The van der Waals surface area contributed by atoms with E-state index < -0.39 is 0 Å². The molecule has 1 rings (SSSR count). The van der Waals surface area contributed by atoms with Crippen molar-refractivity contribution in [1.82, 2.24) is 10.6 Å². The van der Waals surface area contributed by atoms with Gasteiger partial charge in [-0.25, -0.2) is 0 Å². The summed E-state index contributed by atoms with van der Waals surface area (Å²) in [6.45, 7) is 7.34. The Morgan fingerprint density at radius 1 is 1.77 bits per heavy atom. The Labute approximate surface area is 79.6 Å². The van der Waals surface area contributed by atoms with Crippen molar-refractivity contribution < 1.29 is 4.79 Å². The molecule has 0 aliphatic carbocycles. The largest absolute Gasteiger partial charge is 0.356 e. The molecule has 2 N–H and O–H groups in total. The predicted octanol–water partition coefficient (Wildman–Crippen LogP) is 0.677. The first-order valence-electron chi connectivity index (χ1n) is 4.87. The van der Waals surface area contributed by atoms with E-state index in [4.69, 9.17) is 0 Å². The van der Waals surface area contributed by atoms with Crippen LogP contribution in [0.3, 0.4) is 0 Å². The number of hydrogen-bond acceptors (Lipinski definition) is 2. The molecule has 1 aliphatic heterocycles. The van der Waals surface area contributed by atoms with Crippen LogP contribution in [0.2, 0.25) is 0 Å². The molecule has 3 nitrogen and oxygen atoms in total. The van der Waals surface area contributed by atoms with Crippen LogP contribution in [0, 0.1) is 5.92 Å². The lowest BCUT2D eigenvalue weighted by Gasteiger charge is -2.14. The molecule has 0 radical (unpaired) electrons. The summed E-state index contributed by atoms with van der Waals surface area (Å²) in [5, 5.41) is 6.17. The third-order valence-electron chi connectivity index (χ3n) is 2.51. The van der Waals surface area contributed by atoms with Gasteiger partial charge in [0.2, 0.25) is 5.91 Å². The number of carbonyl (C=O) groups is 1. The molecular formula is C10H18N2O. The highest BCUT2D eigenvalue weighted by atomic mass is 16.1. The van der Waals surface area contributed by atoms with E-state index in [1.807, 2.05) is 6.08 Å². The van der Waals surface area contributed by atoms with Crippen LogP contribution in [0.25, 0.3) is 0 Å². The molecular weight excluding hydrogens is 164 g/mol. The average molecular weight is 182 g/mol. The van der Waals surface area contributed by atoms with E-state index in [1.165, 1.54) is 0 Å². The number of carbonyl (C=O) groups excluding carboxylic acids is 1. The molecule has 2 atom stereocenters. The molecule has 1 heterocycles. The Morgan fingerprint density at radius 3 is 3.08 bits per heavy atom. The van der Waals surface area contributed by atoms with E-state index in [2.05, 4.69) is 24.1 Å². The van der Waals surface area contributed by atoms with Gasteiger partial charge in [-0.1, -0.05) is 6.08 Å². The lowest BCUT2D eigenvalue weighted by molar-refractivity contribution is -0.125. The van der Waals surface area contributed by atoms with Gasteiger partial charge in [-0.05, 0) is 26.3 Å². The minimum atomic E-state index is 0.157. The van der Waals surface area contributed by atoms with Gasteiger partial charge in [0.25, 0.3) is 0 Å². The van der Waals surface area contributed by atoms with Crippen molar-refractivity contribution in [3.8, 4) is 0 Å². The Hall–Kier alpha value is -0.830. The van der Waals surface area contributed by atoms with E-state index in [0.29, 0.717) is 12.6 Å². The summed E-state index contributed by atoms with van der Waals surface area (Å²) in [6.07, 6.45) is 3.62. The molecule has 0 bridgehead atoms. The fourth-order valence-corrected chi connectivity index (χ4v) is 1.65. The molecule has 0 aromatic carbocycles. The molecule has 74 valence electrons. The molecule has 0 saturated carbocycles. The molecule has 13 heavy (non-hydrogen) atoms. The predicted molar refractivity (Wildman–Crippen MR) is 53.4 cm³/mol. The molecule has 1 aliphatic rings. The van der Waals surface area contributed by atoms with Crippen molar-refractivity contribution in [1.29, 1.82) is 0 Å². The summed E-state index contributed by atoms with van der Waals surface area (Å²) in [7, 11) is 0. The third kappa shape index (κ3) is 2.84.